The maximum atomic E-state index is 12.1. The third kappa shape index (κ3) is 16.7. The van der Waals surface area contributed by atoms with Crippen LogP contribution >= 0.6 is 56.7 Å². The van der Waals surface area contributed by atoms with Crippen LogP contribution in [0, 0.1) is 0 Å². The molecule has 0 unspecified atom stereocenters. The fraction of sp³-hybridized carbons (Fsp3) is 0.269. The Kier molecular flexibility index (Phi) is 21.4. The van der Waals surface area contributed by atoms with Gasteiger partial charge in [-0.2, -0.15) is 11.3 Å². The van der Waals surface area contributed by atoms with Crippen molar-refractivity contribution in [3.63, 3.8) is 0 Å². The van der Waals surface area contributed by atoms with Crippen molar-refractivity contribution in [1.82, 2.24) is 15.0 Å². The van der Waals surface area contributed by atoms with Crippen molar-refractivity contribution in [2.45, 2.75) is 53.4 Å². The van der Waals surface area contributed by atoms with Crippen LogP contribution in [0.2, 0.25) is 0 Å². The predicted octanol–water partition coefficient (Wildman–Crippen LogP) is 13.5. The topological polar surface area (TPSA) is 145 Å². The minimum Gasteiger partial charge on any atom is -0.494 e. The molecule has 0 fully saturated rings. The SMILES string of the molecule is CCCCOC(=O)c1csc(-c2ccc(OCC)cc2)n1.CCOc1ccc(-c2nc(C(=O)OCCc3cccs3)cs2)cc1.CCOc1ccc(-c2nc(C(=O)OCCc3ccsc3)cs2)cc1. The van der Waals surface area contributed by atoms with Gasteiger partial charge in [0.2, 0.25) is 0 Å². The second-order valence-electron chi connectivity index (χ2n) is 14.5. The largest absolute Gasteiger partial charge is 0.494 e. The first kappa shape index (κ1) is 52.1. The number of benzene rings is 3. The van der Waals surface area contributed by atoms with E-state index in [9.17, 15) is 14.4 Å². The zero-order chi connectivity index (χ0) is 48.6. The zero-order valence-electron chi connectivity index (χ0n) is 38.8. The van der Waals surface area contributed by atoms with Crippen molar-refractivity contribution in [2.75, 3.05) is 39.6 Å². The Hall–Kier alpha value is -6.24. The summed E-state index contributed by atoms with van der Waals surface area (Å²) in [5.74, 6) is 1.38. The molecule has 0 aliphatic carbocycles. The number of unbranched alkanes of at least 4 members (excludes halogenated alkanes) is 1. The van der Waals surface area contributed by atoms with Crippen LogP contribution in [0.25, 0.3) is 31.7 Å². The van der Waals surface area contributed by atoms with Gasteiger partial charge in [0, 0.05) is 50.5 Å². The molecule has 360 valence electrons. The Morgan fingerprint density at radius 1 is 0.464 bits per heavy atom. The number of rotatable bonds is 21. The molecule has 5 aromatic heterocycles. The van der Waals surface area contributed by atoms with Gasteiger partial charge in [-0.05, 0) is 134 Å². The normalized spacial score (nSPS) is 10.5. The highest BCUT2D eigenvalue weighted by molar-refractivity contribution is 7.14. The summed E-state index contributed by atoms with van der Waals surface area (Å²) >= 11 is 7.60. The van der Waals surface area contributed by atoms with Crippen LogP contribution in [-0.2, 0) is 27.1 Å². The Bertz CT molecular complexity index is 2590. The summed E-state index contributed by atoms with van der Waals surface area (Å²) in [6.07, 6.45) is 3.34. The molecule has 3 aromatic carbocycles. The number of esters is 3. The lowest BCUT2D eigenvalue weighted by molar-refractivity contribution is 0.0487. The molecule has 0 aliphatic heterocycles. The van der Waals surface area contributed by atoms with E-state index in [4.69, 9.17) is 28.4 Å². The molecular weight excluding hydrogens is 971 g/mol. The van der Waals surface area contributed by atoms with E-state index in [-0.39, 0.29) is 17.9 Å². The molecule has 0 saturated carbocycles. The van der Waals surface area contributed by atoms with E-state index in [1.165, 1.54) is 44.5 Å². The second-order valence-corrected chi connectivity index (χ2v) is 18.8. The van der Waals surface area contributed by atoms with Gasteiger partial charge in [-0.15, -0.1) is 45.3 Å². The Morgan fingerprint density at radius 2 is 0.884 bits per heavy atom. The fourth-order valence-corrected chi connectivity index (χ4v) is 9.79. The summed E-state index contributed by atoms with van der Waals surface area (Å²) in [6, 6.07) is 29.1. The van der Waals surface area contributed by atoms with Crippen molar-refractivity contribution < 1.29 is 42.8 Å². The number of thiophene rings is 2. The lowest BCUT2D eigenvalue weighted by atomic mass is 10.2. The van der Waals surface area contributed by atoms with Crippen LogP contribution in [0.1, 0.15) is 82.4 Å². The van der Waals surface area contributed by atoms with E-state index in [2.05, 4.69) is 27.3 Å². The van der Waals surface area contributed by atoms with E-state index in [1.807, 2.05) is 123 Å². The van der Waals surface area contributed by atoms with Crippen LogP contribution in [-0.4, -0.2) is 72.5 Å². The summed E-state index contributed by atoms with van der Waals surface area (Å²) < 4.78 is 32.0. The smallest absolute Gasteiger partial charge is 0.357 e. The van der Waals surface area contributed by atoms with E-state index in [1.54, 1.807) is 38.8 Å². The number of thiazole rings is 3. The number of ether oxygens (including phenoxy) is 6. The van der Waals surface area contributed by atoms with E-state index >= 15 is 0 Å². The van der Waals surface area contributed by atoms with Crippen molar-refractivity contribution in [1.29, 1.82) is 0 Å². The number of hydrogen-bond donors (Lipinski definition) is 0. The lowest BCUT2D eigenvalue weighted by Gasteiger charge is -2.03. The fourth-order valence-electron chi connectivity index (χ4n) is 6.01. The molecule has 0 radical (unpaired) electrons. The van der Waals surface area contributed by atoms with Crippen molar-refractivity contribution in [3.8, 4) is 49.0 Å². The van der Waals surface area contributed by atoms with E-state index < -0.39 is 0 Å². The first-order chi connectivity index (χ1) is 33.8. The third-order valence-electron chi connectivity index (χ3n) is 9.47. The van der Waals surface area contributed by atoms with Crippen molar-refractivity contribution >= 4 is 74.6 Å². The summed E-state index contributed by atoms with van der Waals surface area (Å²) in [6.45, 7) is 11.0. The number of carbonyl (C=O) groups excluding carboxylic acids is 3. The molecule has 0 N–H and O–H groups in total. The summed E-state index contributed by atoms with van der Waals surface area (Å²) in [5.41, 5.74) is 5.16. The van der Waals surface area contributed by atoms with Gasteiger partial charge in [0.25, 0.3) is 0 Å². The first-order valence-corrected chi connectivity index (χ1v) is 26.8. The first-order valence-electron chi connectivity index (χ1n) is 22.4. The Balaban J connectivity index is 0.000000171. The van der Waals surface area contributed by atoms with Gasteiger partial charge in [-0.25, -0.2) is 29.3 Å². The van der Waals surface area contributed by atoms with Gasteiger partial charge in [0.05, 0.1) is 39.6 Å². The summed E-state index contributed by atoms with van der Waals surface area (Å²) in [4.78, 5) is 50.2. The van der Waals surface area contributed by atoms with Gasteiger partial charge in [0.15, 0.2) is 17.1 Å². The molecule has 5 heterocycles. The molecule has 12 nitrogen and oxygen atoms in total. The maximum absolute atomic E-state index is 12.1. The Morgan fingerprint density at radius 3 is 1.25 bits per heavy atom. The minimum atomic E-state index is -0.376. The second kappa shape index (κ2) is 28.3. The molecule has 0 spiro atoms. The summed E-state index contributed by atoms with van der Waals surface area (Å²) in [7, 11) is 0. The van der Waals surface area contributed by atoms with E-state index in [0.29, 0.717) is 56.7 Å². The molecular formula is C52H53N3O9S5. The standard InChI is InChI=1S/2C18H17NO3S2.C16H19NO3S/c1-2-21-15-5-3-14(4-6-15)17-19-16(12-24-17)18(20)22-9-7-13-8-10-23-11-13;1-2-21-14-7-5-13(6-8-14)17-19-16(12-24-17)18(20)22-10-9-15-4-3-11-23-15;1-3-5-10-20-16(18)14-11-21-15(17-14)12-6-8-13(9-7-12)19-4-2/h3-6,8,10-12H,2,7,9H2,1H3;3-8,11-12H,2,9-10H2,1H3;6-9,11H,3-5,10H2,1-2H3. The van der Waals surface area contributed by atoms with Crippen LogP contribution < -0.4 is 14.2 Å². The third-order valence-corrected chi connectivity index (χ3v) is 13.8. The molecule has 0 atom stereocenters. The van der Waals surface area contributed by atoms with Crippen molar-refractivity contribution in [2.24, 2.45) is 0 Å². The summed E-state index contributed by atoms with van der Waals surface area (Å²) in [5, 5.41) is 13.7. The molecule has 0 bridgehead atoms. The number of hydrogen-bond acceptors (Lipinski definition) is 17. The van der Waals surface area contributed by atoms with Gasteiger partial charge in [-0.3, -0.25) is 0 Å². The molecule has 0 amide bonds. The van der Waals surface area contributed by atoms with Crippen LogP contribution in [0.4, 0.5) is 0 Å². The highest BCUT2D eigenvalue weighted by Gasteiger charge is 2.16. The van der Waals surface area contributed by atoms with E-state index in [0.717, 1.165) is 74.6 Å². The lowest BCUT2D eigenvalue weighted by Crippen LogP contribution is -2.08. The van der Waals surface area contributed by atoms with Crippen LogP contribution in [0.15, 0.2) is 123 Å². The van der Waals surface area contributed by atoms with Crippen LogP contribution in [0.3, 0.4) is 0 Å². The number of aromatic nitrogens is 3. The van der Waals surface area contributed by atoms with Crippen LogP contribution in [0.5, 0.6) is 17.2 Å². The highest BCUT2D eigenvalue weighted by Crippen LogP contribution is 2.29. The number of carbonyl (C=O) groups is 3. The highest BCUT2D eigenvalue weighted by atomic mass is 32.1. The predicted molar refractivity (Wildman–Crippen MR) is 278 cm³/mol. The number of nitrogens with zero attached hydrogens (tertiary/aromatic N) is 3. The molecule has 0 saturated heterocycles. The Labute approximate surface area is 422 Å². The molecule has 8 aromatic rings. The molecule has 69 heavy (non-hydrogen) atoms. The minimum absolute atomic E-state index is 0.350. The molecule has 17 heteroatoms. The van der Waals surface area contributed by atoms with Crippen molar-refractivity contribution in [3.05, 3.63) is 151 Å². The quantitative estimate of drug-likeness (QED) is 0.0384. The molecule has 8 rings (SSSR count). The average Bonchev–Trinajstić information content (AvgIpc) is 4.24. The zero-order valence-corrected chi connectivity index (χ0v) is 42.8. The van der Waals surface area contributed by atoms with Gasteiger partial charge in [-0.1, -0.05) is 19.4 Å². The monoisotopic (exact) mass is 1020 g/mol. The van der Waals surface area contributed by atoms with Gasteiger partial charge < -0.3 is 28.4 Å². The maximum Gasteiger partial charge on any atom is 0.357 e. The van der Waals surface area contributed by atoms with Gasteiger partial charge in [0.1, 0.15) is 32.3 Å². The molecule has 0 aliphatic rings. The van der Waals surface area contributed by atoms with Gasteiger partial charge >= 0.3 is 17.9 Å². The average molecular weight is 1020 g/mol.